The SMILES string of the molecule is COCON1NC(C(F)(F)F)=CC2=C1c1ccc(N[C@@H]3CCCN(C(=O)OC(C)(C)C)C3)cc1COCCC2. The lowest BCUT2D eigenvalue weighted by molar-refractivity contribution is -0.214. The average molecular weight is 555 g/mol. The van der Waals surface area contributed by atoms with E-state index in [-0.39, 0.29) is 25.5 Å². The number of piperidine rings is 1. The van der Waals surface area contributed by atoms with Crippen LogP contribution < -0.4 is 10.7 Å². The molecule has 39 heavy (non-hydrogen) atoms. The summed E-state index contributed by atoms with van der Waals surface area (Å²) in [6.45, 7) is 7.12. The molecule has 3 aliphatic rings. The summed E-state index contributed by atoms with van der Waals surface area (Å²) in [6, 6.07) is 5.69. The fourth-order valence-electron chi connectivity index (χ4n) is 4.79. The van der Waals surface area contributed by atoms with E-state index in [4.69, 9.17) is 19.0 Å². The summed E-state index contributed by atoms with van der Waals surface area (Å²) >= 11 is 0. The summed E-state index contributed by atoms with van der Waals surface area (Å²) in [5.41, 5.74) is 4.17. The highest BCUT2D eigenvalue weighted by molar-refractivity contribution is 5.74. The molecule has 1 amide bonds. The van der Waals surface area contributed by atoms with Gasteiger partial charge >= 0.3 is 12.3 Å². The van der Waals surface area contributed by atoms with Gasteiger partial charge in [-0.1, -0.05) is 6.07 Å². The summed E-state index contributed by atoms with van der Waals surface area (Å²) in [4.78, 5) is 19.8. The van der Waals surface area contributed by atoms with Crippen molar-refractivity contribution in [3.63, 3.8) is 0 Å². The van der Waals surface area contributed by atoms with Gasteiger partial charge in [-0.3, -0.25) is 5.43 Å². The average Bonchev–Trinajstić information content (AvgIpc) is 2.94. The molecule has 4 rings (SSSR count). The third kappa shape index (κ3) is 7.58. The Labute approximate surface area is 226 Å². The standard InChI is InChI=1S/C27H37F3N4O5/c1-26(2,3)39-25(35)33-11-5-8-21(15-33)31-20-9-10-22-19(13-20)16-37-12-6-7-18-14-23(27(28,29)30)32-34(24(18)22)38-17-36-4/h9-10,13-14,21,31-32H,5-8,11-12,15-17H2,1-4H3/t21-/m1/s1. The number of hydrazine groups is 1. The molecule has 0 bridgehead atoms. The molecule has 3 heterocycles. The van der Waals surface area contributed by atoms with Gasteiger partial charge in [0.2, 0.25) is 0 Å². The molecule has 0 aromatic heterocycles. The molecular weight excluding hydrogens is 517 g/mol. The van der Waals surface area contributed by atoms with Crippen LogP contribution in [0.25, 0.3) is 5.70 Å². The second-order valence-electron chi connectivity index (χ2n) is 10.8. The van der Waals surface area contributed by atoms with Crippen LogP contribution in [0, 0.1) is 0 Å². The molecule has 12 heteroatoms. The van der Waals surface area contributed by atoms with Crippen LogP contribution in [0.15, 0.2) is 35.5 Å². The Morgan fingerprint density at radius 3 is 2.74 bits per heavy atom. The summed E-state index contributed by atoms with van der Waals surface area (Å²) < 4.78 is 57.3. The van der Waals surface area contributed by atoms with E-state index in [1.807, 2.05) is 39.0 Å². The van der Waals surface area contributed by atoms with E-state index < -0.39 is 17.5 Å². The van der Waals surface area contributed by atoms with Gasteiger partial charge in [0.05, 0.1) is 12.3 Å². The van der Waals surface area contributed by atoms with Gasteiger partial charge in [0, 0.05) is 44.1 Å². The molecule has 1 aromatic carbocycles. The topological polar surface area (TPSA) is 84.5 Å². The quantitative estimate of drug-likeness (QED) is 0.473. The van der Waals surface area contributed by atoms with Crippen LogP contribution >= 0.6 is 0 Å². The van der Waals surface area contributed by atoms with Crippen molar-refractivity contribution in [1.29, 1.82) is 0 Å². The Balaban J connectivity index is 1.61. The molecule has 1 atom stereocenters. The highest BCUT2D eigenvalue weighted by Crippen LogP contribution is 2.38. The number of hydroxylamine groups is 1. The zero-order chi connectivity index (χ0) is 28.2. The molecule has 1 aromatic rings. The minimum atomic E-state index is -4.58. The van der Waals surface area contributed by atoms with Crippen LogP contribution in [-0.2, 0) is 25.7 Å². The number of nitrogens with one attached hydrogen (secondary N) is 2. The first-order chi connectivity index (χ1) is 18.4. The number of rotatable bonds is 5. The first kappa shape index (κ1) is 29.0. The number of carbonyl (C=O) groups is 1. The van der Waals surface area contributed by atoms with Crippen molar-refractivity contribution in [2.75, 3.05) is 38.9 Å². The molecule has 0 aliphatic carbocycles. The number of likely N-dealkylation sites (tertiary alicyclic amines) is 1. The van der Waals surface area contributed by atoms with Crippen LogP contribution in [0.4, 0.5) is 23.7 Å². The summed E-state index contributed by atoms with van der Waals surface area (Å²) in [5, 5.41) is 4.55. The number of fused-ring (bicyclic) bond motifs is 2. The lowest BCUT2D eigenvalue weighted by Gasteiger charge is -2.35. The lowest BCUT2D eigenvalue weighted by Crippen LogP contribution is -2.47. The smallest absolute Gasteiger partial charge is 0.432 e. The number of amides is 1. The maximum Gasteiger partial charge on any atom is 0.432 e. The minimum absolute atomic E-state index is 0.0199. The number of methoxy groups -OCH3 is 1. The van der Waals surface area contributed by atoms with E-state index in [0.717, 1.165) is 35.3 Å². The van der Waals surface area contributed by atoms with E-state index in [1.165, 1.54) is 7.11 Å². The molecule has 1 fully saturated rings. The lowest BCUT2D eigenvalue weighted by atomic mass is 9.96. The van der Waals surface area contributed by atoms with Crippen molar-refractivity contribution < 1.29 is 37.0 Å². The third-order valence-corrected chi connectivity index (χ3v) is 6.45. The number of ether oxygens (including phenoxy) is 3. The molecule has 9 nitrogen and oxygen atoms in total. The second kappa shape index (κ2) is 12.1. The number of hydrogen-bond donors (Lipinski definition) is 2. The molecule has 1 saturated heterocycles. The van der Waals surface area contributed by atoms with E-state index in [0.29, 0.717) is 49.4 Å². The number of halogens is 3. The van der Waals surface area contributed by atoms with E-state index in [9.17, 15) is 18.0 Å². The molecule has 0 spiro atoms. The molecule has 0 radical (unpaired) electrons. The van der Waals surface area contributed by atoms with E-state index in [1.54, 1.807) is 4.90 Å². The number of hydrogen-bond acceptors (Lipinski definition) is 8. The number of carbonyl (C=O) groups excluding carboxylic acids is 1. The largest absolute Gasteiger partial charge is 0.444 e. The minimum Gasteiger partial charge on any atom is -0.444 e. The van der Waals surface area contributed by atoms with Gasteiger partial charge in [-0.2, -0.15) is 18.3 Å². The Bertz CT molecular complexity index is 1100. The van der Waals surface area contributed by atoms with Crippen molar-refractivity contribution in [2.24, 2.45) is 0 Å². The molecular formula is C27H37F3N4O5. The van der Waals surface area contributed by atoms with Gasteiger partial charge in [-0.15, -0.1) is 0 Å². The molecule has 0 unspecified atom stereocenters. The fraction of sp³-hybridized carbons (Fsp3) is 0.593. The fourth-order valence-corrected chi connectivity index (χ4v) is 4.79. The van der Waals surface area contributed by atoms with Crippen LogP contribution in [0.2, 0.25) is 0 Å². The Hall–Kier alpha value is -2.96. The maximum atomic E-state index is 13.7. The van der Waals surface area contributed by atoms with E-state index in [2.05, 4.69) is 10.7 Å². The highest BCUT2D eigenvalue weighted by Gasteiger charge is 2.39. The van der Waals surface area contributed by atoms with Crippen molar-refractivity contribution >= 4 is 17.5 Å². The molecule has 2 N–H and O–H groups in total. The Kier molecular flexibility index (Phi) is 8.97. The second-order valence-corrected chi connectivity index (χ2v) is 10.8. The highest BCUT2D eigenvalue weighted by atomic mass is 19.4. The number of allylic oxidation sites excluding steroid dienone is 3. The molecule has 0 saturated carbocycles. The number of benzene rings is 1. The van der Waals surface area contributed by atoms with Crippen LogP contribution in [0.5, 0.6) is 0 Å². The van der Waals surface area contributed by atoms with E-state index >= 15 is 0 Å². The molecule has 216 valence electrons. The molecule has 3 aliphatic heterocycles. The van der Waals surface area contributed by atoms with Crippen LogP contribution in [0.3, 0.4) is 0 Å². The maximum absolute atomic E-state index is 13.7. The van der Waals surface area contributed by atoms with Crippen molar-refractivity contribution in [1.82, 2.24) is 15.5 Å². The Morgan fingerprint density at radius 2 is 2.03 bits per heavy atom. The Morgan fingerprint density at radius 1 is 1.23 bits per heavy atom. The first-order valence-electron chi connectivity index (χ1n) is 13.1. The van der Waals surface area contributed by atoms with Gasteiger partial charge in [0.25, 0.3) is 0 Å². The van der Waals surface area contributed by atoms with Crippen LogP contribution in [0.1, 0.15) is 57.6 Å². The van der Waals surface area contributed by atoms with Gasteiger partial charge in [0.15, 0.2) is 6.79 Å². The predicted molar refractivity (Wildman–Crippen MR) is 139 cm³/mol. The first-order valence-corrected chi connectivity index (χ1v) is 13.1. The number of anilines is 1. The predicted octanol–water partition coefficient (Wildman–Crippen LogP) is 5.32. The number of nitrogens with zero attached hydrogens (tertiary/aromatic N) is 2. The summed E-state index contributed by atoms with van der Waals surface area (Å²) in [5.74, 6) is 0. The summed E-state index contributed by atoms with van der Waals surface area (Å²) in [6.07, 6.45) is -1.11. The van der Waals surface area contributed by atoms with Gasteiger partial charge in [-0.05, 0) is 75.8 Å². The summed E-state index contributed by atoms with van der Waals surface area (Å²) in [7, 11) is 1.40. The zero-order valence-electron chi connectivity index (χ0n) is 22.8. The monoisotopic (exact) mass is 554 g/mol. The normalized spacial score (nSPS) is 20.6. The van der Waals surface area contributed by atoms with Gasteiger partial charge < -0.3 is 24.4 Å². The third-order valence-electron chi connectivity index (χ3n) is 6.45. The van der Waals surface area contributed by atoms with Gasteiger partial charge in [0.1, 0.15) is 11.3 Å². The van der Waals surface area contributed by atoms with Crippen LogP contribution in [-0.4, -0.2) is 67.6 Å². The van der Waals surface area contributed by atoms with Crippen molar-refractivity contribution in [2.45, 2.75) is 70.9 Å². The van der Waals surface area contributed by atoms with Crippen molar-refractivity contribution in [3.8, 4) is 0 Å². The number of alkyl halides is 3. The van der Waals surface area contributed by atoms with Gasteiger partial charge in [-0.25, -0.2) is 9.63 Å². The zero-order valence-corrected chi connectivity index (χ0v) is 22.8. The van der Waals surface area contributed by atoms with Crippen molar-refractivity contribution in [3.05, 3.63) is 46.7 Å².